The molecule has 2 fully saturated rings. The van der Waals surface area contributed by atoms with Crippen LogP contribution in [0.5, 0.6) is 0 Å². The van der Waals surface area contributed by atoms with E-state index in [2.05, 4.69) is 20.5 Å². The Bertz CT molecular complexity index is 794. The summed E-state index contributed by atoms with van der Waals surface area (Å²) >= 11 is 6.17. The van der Waals surface area contributed by atoms with E-state index < -0.39 is 0 Å². The zero-order chi connectivity index (χ0) is 21.5. The number of rotatable bonds is 6. The molecule has 1 atom stereocenters. The van der Waals surface area contributed by atoms with Crippen molar-refractivity contribution >= 4 is 53.4 Å². The summed E-state index contributed by atoms with van der Waals surface area (Å²) < 4.78 is 13.3. The molecule has 172 valence electrons. The highest BCUT2D eigenvalue weighted by Crippen LogP contribution is 2.21. The number of carbonyl (C=O) groups is 2. The van der Waals surface area contributed by atoms with Crippen molar-refractivity contribution in [2.24, 2.45) is 4.99 Å². The van der Waals surface area contributed by atoms with Crippen LogP contribution in [0.25, 0.3) is 0 Å². The second kappa shape index (κ2) is 12.5. The third kappa shape index (κ3) is 7.57. The molecule has 31 heavy (non-hydrogen) atoms. The van der Waals surface area contributed by atoms with Gasteiger partial charge in [-0.15, -0.1) is 24.0 Å². The van der Waals surface area contributed by atoms with Crippen molar-refractivity contribution in [1.29, 1.82) is 0 Å². The highest BCUT2D eigenvalue weighted by Gasteiger charge is 2.25. The second-order valence-corrected chi connectivity index (χ2v) is 8.15. The number of benzene rings is 1. The second-order valence-electron chi connectivity index (χ2n) is 7.75. The molecule has 0 bridgehead atoms. The maximum Gasteiger partial charge on any atom is 0.229 e. The van der Waals surface area contributed by atoms with Gasteiger partial charge >= 0.3 is 0 Å². The van der Waals surface area contributed by atoms with Crippen LogP contribution in [-0.2, 0) is 16.1 Å². The molecule has 0 aliphatic carbocycles. The number of nitrogens with zero attached hydrogens (tertiary/aromatic N) is 3. The van der Waals surface area contributed by atoms with Gasteiger partial charge in [-0.2, -0.15) is 0 Å². The van der Waals surface area contributed by atoms with Gasteiger partial charge in [0.15, 0.2) is 5.96 Å². The van der Waals surface area contributed by atoms with E-state index >= 15 is 0 Å². The fourth-order valence-electron chi connectivity index (χ4n) is 3.93. The van der Waals surface area contributed by atoms with Crippen LogP contribution in [0.2, 0.25) is 5.02 Å². The fraction of sp³-hybridized carbons (Fsp3) is 0.571. The van der Waals surface area contributed by atoms with Crippen molar-refractivity contribution in [2.45, 2.75) is 44.7 Å². The van der Waals surface area contributed by atoms with E-state index in [0.717, 1.165) is 31.5 Å². The molecule has 0 spiro atoms. The number of guanidine groups is 1. The zero-order valence-corrected chi connectivity index (χ0v) is 20.8. The summed E-state index contributed by atoms with van der Waals surface area (Å²) in [5.74, 6) is 0.125. The first-order valence-corrected chi connectivity index (χ1v) is 10.8. The molecule has 3 rings (SSSR count). The van der Waals surface area contributed by atoms with Gasteiger partial charge in [-0.1, -0.05) is 17.7 Å². The number of imide groups is 1. The lowest BCUT2D eigenvalue weighted by atomic mass is 10.0. The first kappa shape index (κ1) is 25.8. The monoisotopic (exact) mass is 565 g/mol. The molecule has 10 heteroatoms. The molecular weight excluding hydrogens is 536 g/mol. The predicted molar refractivity (Wildman–Crippen MR) is 130 cm³/mol. The summed E-state index contributed by atoms with van der Waals surface area (Å²) in [6.45, 7) is 3.24. The van der Waals surface area contributed by atoms with Gasteiger partial charge in [0.1, 0.15) is 5.82 Å². The number of aliphatic imine (C=N–C) groups is 1. The number of hydrogen-bond donors (Lipinski definition) is 2. The number of amides is 2. The molecule has 2 amide bonds. The molecule has 1 unspecified atom stereocenters. The van der Waals surface area contributed by atoms with Crippen LogP contribution >= 0.6 is 35.6 Å². The van der Waals surface area contributed by atoms with Crippen molar-refractivity contribution in [3.8, 4) is 0 Å². The minimum Gasteiger partial charge on any atom is -0.355 e. The Morgan fingerprint density at radius 3 is 2.68 bits per heavy atom. The minimum atomic E-state index is -0.329. The largest absolute Gasteiger partial charge is 0.355 e. The molecule has 2 saturated heterocycles. The van der Waals surface area contributed by atoms with Gasteiger partial charge < -0.3 is 10.6 Å². The smallest absolute Gasteiger partial charge is 0.229 e. The van der Waals surface area contributed by atoms with Crippen LogP contribution in [0, 0.1) is 5.82 Å². The van der Waals surface area contributed by atoms with Crippen molar-refractivity contribution in [3.05, 3.63) is 34.6 Å². The normalized spacial score (nSPS) is 20.4. The number of carbonyl (C=O) groups excluding carboxylic acids is 2. The highest BCUT2D eigenvalue weighted by molar-refractivity contribution is 14.0. The van der Waals surface area contributed by atoms with E-state index in [0.29, 0.717) is 49.9 Å². The Labute approximate surface area is 204 Å². The topological polar surface area (TPSA) is 77.0 Å². The van der Waals surface area contributed by atoms with E-state index in [1.165, 1.54) is 17.0 Å². The van der Waals surface area contributed by atoms with Crippen molar-refractivity contribution < 1.29 is 14.0 Å². The van der Waals surface area contributed by atoms with Crippen LogP contribution in [0.15, 0.2) is 23.2 Å². The summed E-state index contributed by atoms with van der Waals surface area (Å²) in [5, 5.41) is 7.07. The first-order chi connectivity index (χ1) is 14.5. The van der Waals surface area contributed by atoms with E-state index in [1.54, 1.807) is 13.1 Å². The van der Waals surface area contributed by atoms with Crippen molar-refractivity contribution in [2.75, 3.05) is 33.2 Å². The van der Waals surface area contributed by atoms with Gasteiger partial charge in [-0.3, -0.25) is 24.4 Å². The van der Waals surface area contributed by atoms with E-state index in [9.17, 15) is 14.0 Å². The number of halogens is 3. The van der Waals surface area contributed by atoms with Crippen molar-refractivity contribution in [3.63, 3.8) is 0 Å². The molecule has 2 aliphatic heterocycles. The minimum absolute atomic E-state index is 0. The Morgan fingerprint density at radius 1 is 1.26 bits per heavy atom. The van der Waals surface area contributed by atoms with Gasteiger partial charge in [0.05, 0.1) is 0 Å². The number of nitrogens with one attached hydrogen (secondary N) is 2. The Balaban J connectivity index is 0.00000341. The Kier molecular flexibility index (Phi) is 10.4. The van der Waals surface area contributed by atoms with Gasteiger partial charge in [0, 0.05) is 57.1 Å². The van der Waals surface area contributed by atoms with Crippen LogP contribution in [0.1, 0.15) is 37.7 Å². The molecule has 0 radical (unpaired) electrons. The molecule has 2 aliphatic rings. The fourth-order valence-corrected chi connectivity index (χ4v) is 4.16. The SMILES string of the molecule is CN=C(NCCN1C(=O)CCCC1=O)NC1CCCN(Cc2ccc(F)cc2Cl)C1.I. The summed E-state index contributed by atoms with van der Waals surface area (Å²) in [5.41, 5.74) is 0.914. The van der Waals surface area contributed by atoms with Gasteiger partial charge in [0.2, 0.25) is 11.8 Å². The molecule has 1 aromatic carbocycles. The lowest BCUT2D eigenvalue weighted by Crippen LogP contribution is -2.52. The summed E-state index contributed by atoms with van der Waals surface area (Å²) in [4.78, 5) is 31.7. The molecule has 1 aromatic rings. The Morgan fingerprint density at radius 2 is 2.00 bits per heavy atom. The number of hydrogen-bond acceptors (Lipinski definition) is 4. The standard InChI is InChI=1S/C21H29ClFN5O2.HI/c1-24-21(25-9-11-28-19(29)5-2-6-20(28)30)26-17-4-3-10-27(14-17)13-15-7-8-16(23)12-18(15)22;/h7-8,12,17H,2-6,9-11,13-14H2,1H3,(H2,24,25,26);1H. The first-order valence-electron chi connectivity index (χ1n) is 10.4. The maximum atomic E-state index is 13.3. The third-order valence-corrected chi connectivity index (χ3v) is 5.84. The lowest BCUT2D eigenvalue weighted by molar-refractivity contribution is -0.147. The zero-order valence-electron chi connectivity index (χ0n) is 17.7. The van der Waals surface area contributed by atoms with Crippen LogP contribution in [-0.4, -0.2) is 66.8 Å². The molecular formula is C21H30ClFIN5O2. The molecule has 0 saturated carbocycles. The van der Waals surface area contributed by atoms with Crippen LogP contribution < -0.4 is 10.6 Å². The van der Waals surface area contributed by atoms with E-state index in [4.69, 9.17) is 11.6 Å². The summed E-state index contributed by atoms with van der Waals surface area (Å²) in [7, 11) is 1.70. The summed E-state index contributed by atoms with van der Waals surface area (Å²) in [6.07, 6.45) is 3.57. The quantitative estimate of drug-likeness (QED) is 0.240. The average Bonchev–Trinajstić information content (AvgIpc) is 2.72. The lowest BCUT2D eigenvalue weighted by Gasteiger charge is -2.34. The molecule has 2 heterocycles. The average molecular weight is 566 g/mol. The highest BCUT2D eigenvalue weighted by atomic mass is 127. The van der Waals surface area contributed by atoms with Crippen LogP contribution in [0.3, 0.4) is 0 Å². The maximum absolute atomic E-state index is 13.3. The van der Waals surface area contributed by atoms with Gasteiger partial charge in [0.25, 0.3) is 0 Å². The number of piperidine rings is 2. The molecule has 7 nitrogen and oxygen atoms in total. The molecule has 2 N–H and O–H groups in total. The van der Waals surface area contributed by atoms with E-state index in [-0.39, 0.29) is 47.7 Å². The number of likely N-dealkylation sites (tertiary alicyclic amines) is 2. The predicted octanol–water partition coefficient (Wildman–Crippen LogP) is 2.77. The van der Waals surface area contributed by atoms with Crippen molar-refractivity contribution in [1.82, 2.24) is 20.4 Å². The third-order valence-electron chi connectivity index (χ3n) is 5.49. The van der Waals surface area contributed by atoms with E-state index in [1.807, 2.05) is 0 Å². The summed E-state index contributed by atoms with van der Waals surface area (Å²) in [6, 6.07) is 4.73. The van der Waals surface area contributed by atoms with Gasteiger partial charge in [-0.05, 0) is 43.5 Å². The Hall–Kier alpha value is -1.46. The molecule has 0 aromatic heterocycles. The van der Waals surface area contributed by atoms with Crippen LogP contribution in [0.4, 0.5) is 4.39 Å². The van der Waals surface area contributed by atoms with Gasteiger partial charge in [-0.25, -0.2) is 4.39 Å².